The topological polar surface area (TPSA) is 80.7 Å². The number of carbonyl (C=O) groups excluding carboxylic acids is 1. The highest BCUT2D eigenvalue weighted by atomic mass is 32.2. The maximum Gasteiger partial charge on any atom is 0.302 e. The first-order valence-electron chi connectivity index (χ1n) is 8.20. The van der Waals surface area contributed by atoms with Crippen molar-refractivity contribution >= 4 is 21.8 Å². The van der Waals surface area contributed by atoms with Crippen LogP contribution in [-0.4, -0.2) is 50.9 Å². The van der Waals surface area contributed by atoms with Crippen molar-refractivity contribution in [3.63, 3.8) is 0 Å². The average Bonchev–Trinajstić information content (AvgIpc) is 2.48. The minimum atomic E-state index is -3.92. The van der Waals surface area contributed by atoms with Crippen LogP contribution in [0.3, 0.4) is 0 Å². The molecule has 0 amide bonds. The third-order valence-corrected chi connectivity index (χ3v) is 5.02. The summed E-state index contributed by atoms with van der Waals surface area (Å²) in [5.41, 5.74) is 2.27. The lowest BCUT2D eigenvalue weighted by atomic mass is 10.1. The summed E-state index contributed by atoms with van der Waals surface area (Å²) >= 11 is 0. The van der Waals surface area contributed by atoms with Crippen molar-refractivity contribution in [2.24, 2.45) is 0 Å². The lowest BCUT2D eigenvalue weighted by molar-refractivity contribution is -0.141. The normalized spacial score (nSPS) is 14.2. The van der Waals surface area contributed by atoms with Crippen LogP contribution >= 0.6 is 0 Å². The predicted octanol–water partition coefficient (Wildman–Crippen LogP) is 2.55. The Morgan fingerprint density at radius 3 is 2.50 bits per heavy atom. The Labute approximate surface area is 144 Å². The minimum Gasteiger partial charge on any atom is -0.460 e. The lowest BCUT2D eigenvalue weighted by Gasteiger charge is -2.37. The first-order valence-corrected chi connectivity index (χ1v) is 9.81. The molecule has 7 heteroatoms. The summed E-state index contributed by atoms with van der Waals surface area (Å²) in [4.78, 5) is 11.1. The number of hydrogen-bond acceptors (Lipinski definition) is 4. The third-order valence-electron chi connectivity index (χ3n) is 4.22. The molecule has 0 aromatic heterocycles. The summed E-state index contributed by atoms with van der Waals surface area (Å²) in [7, 11) is -3.92. The Morgan fingerprint density at radius 1 is 1.25 bits per heavy atom. The number of unbranched alkanes of at least 4 members (excludes halogenated alkanes) is 1. The number of quaternary nitrogens is 1. The third kappa shape index (κ3) is 6.98. The summed E-state index contributed by atoms with van der Waals surface area (Å²) in [6.07, 6.45) is 1.06. The summed E-state index contributed by atoms with van der Waals surface area (Å²) in [6, 6.07) is 8.18. The van der Waals surface area contributed by atoms with Gasteiger partial charge in [0.05, 0.1) is 18.8 Å². The van der Waals surface area contributed by atoms with Gasteiger partial charge in [0.25, 0.3) is 10.1 Å². The van der Waals surface area contributed by atoms with E-state index in [9.17, 15) is 13.2 Å². The van der Waals surface area contributed by atoms with Gasteiger partial charge in [0.15, 0.2) is 0 Å². The second-order valence-corrected chi connectivity index (χ2v) is 7.65. The van der Waals surface area contributed by atoms with Crippen molar-refractivity contribution in [3.8, 4) is 0 Å². The van der Waals surface area contributed by atoms with Crippen LogP contribution in [0.4, 0.5) is 5.69 Å². The highest BCUT2D eigenvalue weighted by molar-refractivity contribution is 7.85. The molecule has 0 saturated heterocycles. The molecular formula is C17H28NO5S+. The largest absolute Gasteiger partial charge is 0.460 e. The number of benzene rings is 1. The van der Waals surface area contributed by atoms with E-state index in [1.54, 1.807) is 0 Å². The molecule has 0 bridgehead atoms. The van der Waals surface area contributed by atoms with Gasteiger partial charge >= 0.3 is 5.97 Å². The van der Waals surface area contributed by atoms with Gasteiger partial charge in [-0.05, 0) is 38.3 Å². The Bertz CT molecular complexity index is 644. The Balaban J connectivity index is 2.89. The molecule has 1 unspecified atom stereocenters. The molecule has 0 saturated carbocycles. The number of rotatable bonds is 10. The van der Waals surface area contributed by atoms with Crippen molar-refractivity contribution in [1.29, 1.82) is 0 Å². The summed E-state index contributed by atoms with van der Waals surface area (Å²) in [6.45, 7) is 7.95. The summed E-state index contributed by atoms with van der Waals surface area (Å²) in [5, 5.41) is 0. The monoisotopic (exact) mass is 358 g/mol. The maximum absolute atomic E-state index is 11.1. The zero-order valence-corrected chi connectivity index (χ0v) is 15.5. The van der Waals surface area contributed by atoms with E-state index in [0.29, 0.717) is 30.5 Å². The zero-order chi connectivity index (χ0) is 18.2. The van der Waals surface area contributed by atoms with Gasteiger partial charge in [0, 0.05) is 13.0 Å². The quantitative estimate of drug-likeness (QED) is 0.301. The van der Waals surface area contributed by atoms with Crippen LogP contribution < -0.4 is 4.48 Å². The Hall–Kier alpha value is -1.44. The van der Waals surface area contributed by atoms with Crippen LogP contribution in [0.15, 0.2) is 24.3 Å². The van der Waals surface area contributed by atoms with Crippen LogP contribution in [-0.2, 0) is 19.6 Å². The van der Waals surface area contributed by atoms with Gasteiger partial charge in [-0.2, -0.15) is 8.42 Å². The van der Waals surface area contributed by atoms with E-state index in [1.165, 1.54) is 6.92 Å². The second kappa shape index (κ2) is 9.15. The molecule has 1 rings (SSSR count). The SMILES string of the molecule is CC[N+](CCCCS(=O)(=O)O)(CCOC(C)=O)c1cccc(C)c1. The van der Waals surface area contributed by atoms with Crippen LogP contribution in [0, 0.1) is 6.92 Å². The molecule has 1 aromatic rings. The first-order chi connectivity index (χ1) is 11.2. The fraction of sp³-hybridized carbons (Fsp3) is 0.588. The standard InChI is InChI=1S/C17H27NO5S/c1-4-18(11-12-23-16(3)19,10-5-6-13-24(20,21)22)17-9-7-8-15(2)14-17/h7-9,14H,4-6,10-13H2,1-3H3/p+1. The predicted molar refractivity (Wildman–Crippen MR) is 95.5 cm³/mol. The maximum atomic E-state index is 11.1. The molecule has 24 heavy (non-hydrogen) atoms. The van der Waals surface area contributed by atoms with Crippen LogP contribution in [0.25, 0.3) is 0 Å². The van der Waals surface area contributed by atoms with Gasteiger partial charge in [-0.3, -0.25) is 13.8 Å². The summed E-state index contributed by atoms with van der Waals surface area (Å²) in [5.74, 6) is -0.533. The van der Waals surface area contributed by atoms with E-state index in [-0.39, 0.29) is 11.7 Å². The Morgan fingerprint density at radius 2 is 1.96 bits per heavy atom. The van der Waals surface area contributed by atoms with E-state index in [1.807, 2.05) is 25.1 Å². The van der Waals surface area contributed by atoms with E-state index in [4.69, 9.17) is 9.29 Å². The van der Waals surface area contributed by atoms with E-state index >= 15 is 0 Å². The van der Waals surface area contributed by atoms with Crippen LogP contribution in [0.1, 0.15) is 32.3 Å². The minimum absolute atomic E-state index is 0.228. The fourth-order valence-corrected chi connectivity index (χ4v) is 3.42. The average molecular weight is 358 g/mol. The summed E-state index contributed by atoms with van der Waals surface area (Å²) < 4.78 is 36.4. The van der Waals surface area contributed by atoms with E-state index < -0.39 is 10.1 Å². The molecule has 1 atom stereocenters. The Kier molecular flexibility index (Phi) is 7.86. The van der Waals surface area contributed by atoms with Crippen LogP contribution in [0.2, 0.25) is 0 Å². The molecule has 0 aliphatic heterocycles. The first kappa shape index (κ1) is 20.6. The number of nitrogens with zero attached hydrogens (tertiary/aromatic N) is 1. The van der Waals surface area contributed by atoms with Crippen LogP contribution in [0.5, 0.6) is 0 Å². The molecule has 0 fully saturated rings. The molecule has 1 aromatic carbocycles. The molecule has 0 aliphatic carbocycles. The van der Waals surface area contributed by atoms with Gasteiger partial charge in [-0.1, -0.05) is 12.1 Å². The van der Waals surface area contributed by atoms with Crippen molar-refractivity contribution in [1.82, 2.24) is 4.48 Å². The lowest BCUT2D eigenvalue weighted by Crippen LogP contribution is -2.52. The second-order valence-electron chi connectivity index (χ2n) is 6.08. The smallest absolute Gasteiger partial charge is 0.302 e. The zero-order valence-electron chi connectivity index (χ0n) is 14.7. The number of esters is 1. The van der Waals surface area contributed by atoms with E-state index in [2.05, 4.69) is 13.0 Å². The van der Waals surface area contributed by atoms with Gasteiger partial charge in [0.2, 0.25) is 0 Å². The van der Waals surface area contributed by atoms with Crippen molar-refractivity contribution in [2.75, 3.05) is 32.0 Å². The van der Waals surface area contributed by atoms with Gasteiger partial charge in [-0.25, -0.2) is 0 Å². The number of aryl methyl sites for hydroxylation is 1. The van der Waals surface area contributed by atoms with Gasteiger partial charge in [0.1, 0.15) is 18.8 Å². The van der Waals surface area contributed by atoms with Gasteiger partial charge < -0.3 is 4.74 Å². The number of carbonyl (C=O) groups is 1. The van der Waals surface area contributed by atoms with Gasteiger partial charge in [-0.15, -0.1) is 0 Å². The molecule has 0 aliphatic rings. The number of likely N-dealkylation sites (N-methyl/N-ethyl adjacent to an activating group) is 1. The molecule has 0 spiro atoms. The van der Waals surface area contributed by atoms with Crippen molar-refractivity contribution in [2.45, 2.75) is 33.6 Å². The molecular weight excluding hydrogens is 330 g/mol. The molecule has 1 N–H and O–H groups in total. The highest BCUT2D eigenvalue weighted by Crippen LogP contribution is 2.25. The number of ether oxygens (including phenoxy) is 1. The van der Waals surface area contributed by atoms with Crippen molar-refractivity contribution < 1.29 is 22.5 Å². The molecule has 0 radical (unpaired) electrons. The molecule has 6 nitrogen and oxygen atoms in total. The number of hydrogen-bond donors (Lipinski definition) is 1. The van der Waals surface area contributed by atoms with Crippen molar-refractivity contribution in [3.05, 3.63) is 29.8 Å². The fourth-order valence-electron chi connectivity index (χ4n) is 2.85. The highest BCUT2D eigenvalue weighted by Gasteiger charge is 2.28. The molecule has 136 valence electrons. The molecule has 0 heterocycles. The van der Waals surface area contributed by atoms with E-state index in [0.717, 1.165) is 24.3 Å².